The Labute approximate surface area is 117 Å². The molecule has 0 aliphatic carbocycles. The van der Waals surface area contributed by atoms with E-state index in [1.165, 1.54) is 16.3 Å². The van der Waals surface area contributed by atoms with Crippen LogP contribution in [0.2, 0.25) is 19.6 Å². The summed E-state index contributed by atoms with van der Waals surface area (Å²) in [6.07, 6.45) is 0. The first-order valence-corrected chi connectivity index (χ1v) is 10.3. The van der Waals surface area contributed by atoms with Gasteiger partial charge in [-0.15, -0.1) is 0 Å². The van der Waals surface area contributed by atoms with Gasteiger partial charge in [-0.3, -0.25) is 0 Å². The Hall–Kier alpha value is -1.54. The van der Waals surface area contributed by atoms with Crippen molar-refractivity contribution in [2.24, 2.45) is 0 Å². The van der Waals surface area contributed by atoms with Crippen LogP contribution in [0.3, 0.4) is 0 Å². The maximum atomic E-state index is 5.79. The lowest BCUT2D eigenvalue weighted by Crippen LogP contribution is -2.38. The van der Waals surface area contributed by atoms with Crippen molar-refractivity contribution in [1.82, 2.24) is 0 Å². The molecule has 0 saturated heterocycles. The molecular weight excluding hydrogens is 248 g/mol. The first kappa shape index (κ1) is 13.9. The summed E-state index contributed by atoms with van der Waals surface area (Å²) in [7, 11) is -1.40. The molecule has 0 spiro atoms. The van der Waals surface area contributed by atoms with Gasteiger partial charge in [0.1, 0.15) is 5.75 Å². The van der Waals surface area contributed by atoms with Crippen LogP contribution in [0.5, 0.6) is 5.75 Å². The molecule has 0 heterocycles. The van der Waals surface area contributed by atoms with E-state index in [1.54, 1.807) is 0 Å². The zero-order valence-electron chi connectivity index (χ0n) is 12.2. The number of hydrogen-bond acceptors (Lipinski definition) is 1. The van der Waals surface area contributed by atoms with Crippen LogP contribution in [-0.2, 0) is 0 Å². The van der Waals surface area contributed by atoms with Gasteiger partial charge in [0.2, 0.25) is 0 Å². The molecule has 0 bridgehead atoms. The molecule has 0 atom stereocenters. The molecule has 0 aliphatic rings. The first-order chi connectivity index (χ1) is 9.02. The Bertz CT molecular complexity index is 541. The number of rotatable bonds is 4. The van der Waals surface area contributed by atoms with Gasteiger partial charge in [0.05, 0.1) is 14.7 Å². The third-order valence-corrected chi connectivity index (χ3v) is 5.20. The van der Waals surface area contributed by atoms with E-state index in [2.05, 4.69) is 68.2 Å². The molecule has 1 nitrogen and oxygen atoms in total. The molecule has 100 valence electrons. The normalized spacial score (nSPS) is 11.4. The van der Waals surface area contributed by atoms with Gasteiger partial charge in [0.25, 0.3) is 0 Å². The van der Waals surface area contributed by atoms with Gasteiger partial charge in [0.15, 0.2) is 0 Å². The fourth-order valence-electron chi connectivity index (χ4n) is 2.21. The zero-order chi connectivity index (χ0) is 13.9. The fraction of sp³-hybridized carbons (Fsp3) is 0.294. The minimum absolute atomic E-state index is 0.724. The number of ether oxygens (including phenoxy) is 1. The van der Waals surface area contributed by atoms with Crippen LogP contribution in [-0.4, -0.2) is 14.7 Å². The lowest BCUT2D eigenvalue weighted by atomic mass is 10.1. The molecule has 19 heavy (non-hydrogen) atoms. The van der Waals surface area contributed by atoms with Crippen molar-refractivity contribution >= 4 is 13.3 Å². The molecule has 2 aromatic carbocycles. The van der Waals surface area contributed by atoms with Gasteiger partial charge in [0, 0.05) is 0 Å². The fourth-order valence-corrected chi connectivity index (χ4v) is 3.69. The van der Waals surface area contributed by atoms with Crippen molar-refractivity contribution in [3.8, 4) is 16.9 Å². The van der Waals surface area contributed by atoms with Crippen molar-refractivity contribution < 1.29 is 4.74 Å². The highest BCUT2D eigenvalue weighted by Gasteiger charge is 2.21. The average Bonchev–Trinajstić information content (AvgIpc) is 2.39. The Kier molecular flexibility index (Phi) is 4.10. The van der Waals surface area contributed by atoms with E-state index in [0.717, 1.165) is 12.4 Å². The van der Waals surface area contributed by atoms with Crippen molar-refractivity contribution in [3.05, 3.63) is 48.5 Å². The molecular formula is C17H22OSi. The van der Waals surface area contributed by atoms with Crippen LogP contribution in [0.1, 0.15) is 6.92 Å². The molecule has 0 N–H and O–H groups in total. The van der Waals surface area contributed by atoms with Gasteiger partial charge in [-0.1, -0.05) is 62.1 Å². The van der Waals surface area contributed by atoms with Crippen LogP contribution >= 0.6 is 0 Å². The van der Waals surface area contributed by atoms with E-state index < -0.39 is 8.07 Å². The molecule has 2 rings (SSSR count). The summed E-state index contributed by atoms with van der Waals surface area (Å²) in [5.41, 5.74) is 2.55. The summed E-state index contributed by atoms with van der Waals surface area (Å²) in [5, 5.41) is 1.40. The van der Waals surface area contributed by atoms with Gasteiger partial charge >= 0.3 is 0 Å². The van der Waals surface area contributed by atoms with E-state index in [-0.39, 0.29) is 0 Å². The third kappa shape index (κ3) is 3.27. The van der Waals surface area contributed by atoms with Gasteiger partial charge in [-0.2, -0.15) is 0 Å². The Balaban J connectivity index is 2.50. The van der Waals surface area contributed by atoms with Crippen molar-refractivity contribution in [2.45, 2.75) is 26.6 Å². The van der Waals surface area contributed by atoms with Crippen molar-refractivity contribution in [2.75, 3.05) is 6.61 Å². The second-order valence-electron chi connectivity index (χ2n) is 5.76. The highest BCUT2D eigenvalue weighted by atomic mass is 28.3. The monoisotopic (exact) mass is 270 g/mol. The van der Waals surface area contributed by atoms with Crippen LogP contribution in [0, 0.1) is 0 Å². The topological polar surface area (TPSA) is 9.23 Å². The Morgan fingerprint density at radius 1 is 0.895 bits per heavy atom. The Morgan fingerprint density at radius 2 is 1.58 bits per heavy atom. The van der Waals surface area contributed by atoms with Crippen molar-refractivity contribution in [3.63, 3.8) is 0 Å². The molecule has 0 radical (unpaired) electrons. The van der Waals surface area contributed by atoms with E-state index in [4.69, 9.17) is 4.74 Å². The van der Waals surface area contributed by atoms with Crippen LogP contribution in [0.25, 0.3) is 11.1 Å². The minimum Gasteiger partial charge on any atom is -0.494 e. The third-order valence-electron chi connectivity index (χ3n) is 3.19. The molecule has 0 amide bonds. The van der Waals surface area contributed by atoms with Crippen LogP contribution in [0.15, 0.2) is 48.5 Å². The van der Waals surface area contributed by atoms with E-state index in [9.17, 15) is 0 Å². The van der Waals surface area contributed by atoms with Gasteiger partial charge < -0.3 is 4.74 Å². The van der Waals surface area contributed by atoms with E-state index in [1.807, 2.05) is 6.92 Å². The van der Waals surface area contributed by atoms with Gasteiger partial charge in [-0.05, 0) is 29.3 Å². The predicted molar refractivity (Wildman–Crippen MR) is 86.0 cm³/mol. The first-order valence-electron chi connectivity index (χ1n) is 6.85. The standard InChI is InChI=1S/C17H22OSi/c1-5-18-16-12-11-15(13-17(16)19(2,3)4)14-9-7-6-8-10-14/h6-13H,5H2,1-4H3. The summed E-state index contributed by atoms with van der Waals surface area (Å²) in [4.78, 5) is 0. The summed E-state index contributed by atoms with van der Waals surface area (Å²) < 4.78 is 5.79. The predicted octanol–water partition coefficient (Wildman–Crippen LogP) is 4.30. The molecule has 2 aromatic rings. The number of benzene rings is 2. The maximum absolute atomic E-state index is 5.79. The lowest BCUT2D eigenvalue weighted by Gasteiger charge is -2.22. The Morgan fingerprint density at radius 3 is 2.16 bits per heavy atom. The summed E-state index contributed by atoms with van der Waals surface area (Å²) in [5.74, 6) is 1.06. The molecule has 0 unspecified atom stereocenters. The smallest absolute Gasteiger partial charge is 0.118 e. The number of hydrogen-bond donors (Lipinski definition) is 0. The van der Waals surface area contributed by atoms with Crippen molar-refractivity contribution in [1.29, 1.82) is 0 Å². The largest absolute Gasteiger partial charge is 0.494 e. The maximum Gasteiger partial charge on any atom is 0.118 e. The summed E-state index contributed by atoms with van der Waals surface area (Å²) >= 11 is 0. The molecule has 2 heteroatoms. The molecule has 0 saturated carbocycles. The quantitative estimate of drug-likeness (QED) is 0.753. The lowest BCUT2D eigenvalue weighted by molar-refractivity contribution is 0.343. The zero-order valence-corrected chi connectivity index (χ0v) is 13.2. The second-order valence-corrected chi connectivity index (χ2v) is 10.8. The SMILES string of the molecule is CCOc1ccc(-c2ccccc2)cc1[Si](C)(C)C. The molecule has 0 fully saturated rings. The average molecular weight is 270 g/mol. The van der Waals surface area contributed by atoms with E-state index in [0.29, 0.717) is 0 Å². The van der Waals surface area contributed by atoms with Crippen LogP contribution in [0.4, 0.5) is 0 Å². The summed E-state index contributed by atoms with van der Waals surface area (Å²) in [6.45, 7) is 9.85. The second kappa shape index (κ2) is 5.62. The molecule has 0 aromatic heterocycles. The van der Waals surface area contributed by atoms with Gasteiger partial charge in [-0.25, -0.2) is 0 Å². The highest BCUT2D eigenvalue weighted by molar-refractivity contribution is 6.89. The van der Waals surface area contributed by atoms with E-state index >= 15 is 0 Å². The molecule has 0 aliphatic heterocycles. The highest BCUT2D eigenvalue weighted by Crippen LogP contribution is 2.23. The summed E-state index contributed by atoms with van der Waals surface area (Å²) in [6, 6.07) is 17.1. The minimum atomic E-state index is -1.40. The van der Waals surface area contributed by atoms with Crippen LogP contribution < -0.4 is 9.92 Å².